The summed E-state index contributed by atoms with van der Waals surface area (Å²) in [5, 5.41) is 15.8. The minimum Gasteiger partial charge on any atom is -0.477 e. The number of aromatic nitrogens is 5. The predicted octanol–water partition coefficient (Wildman–Crippen LogP) is 9.46. The van der Waals surface area contributed by atoms with Crippen molar-refractivity contribution in [3.05, 3.63) is 210 Å². The van der Waals surface area contributed by atoms with E-state index in [0.29, 0.717) is 5.82 Å². The number of hydrogen-bond donors (Lipinski definition) is 0. The lowest BCUT2D eigenvalue weighted by Crippen LogP contribution is -2.39. The van der Waals surface area contributed by atoms with Crippen LogP contribution in [-0.2, 0) is 12.0 Å². The molecular weight excluding hydrogens is 615 g/mol. The molecule has 0 fully saturated rings. The number of para-hydroxylation sites is 1. The maximum absolute atomic E-state index is 7.01. The second-order valence-corrected chi connectivity index (χ2v) is 12.2. The second kappa shape index (κ2) is 13.6. The van der Waals surface area contributed by atoms with Gasteiger partial charge in [0.25, 0.3) is 0 Å². The van der Waals surface area contributed by atoms with Gasteiger partial charge in [0, 0.05) is 22.7 Å². The average Bonchev–Trinajstić information content (AvgIpc) is 3.69. The maximum atomic E-state index is 7.01. The Hall–Kier alpha value is -6.40. The number of aryl methyl sites for hydroxylation is 1. The van der Waals surface area contributed by atoms with Crippen molar-refractivity contribution in [3.8, 4) is 16.9 Å². The minimum atomic E-state index is -0.907. The van der Waals surface area contributed by atoms with Crippen molar-refractivity contribution in [1.82, 2.24) is 25.2 Å². The topological polar surface area (TPSA) is 65.7 Å². The summed E-state index contributed by atoms with van der Waals surface area (Å²) in [4.78, 5) is 6.61. The lowest BCUT2D eigenvalue weighted by Gasteiger charge is -2.34. The highest BCUT2D eigenvalue weighted by Crippen LogP contribution is 2.40. The molecule has 0 saturated carbocycles. The van der Waals surface area contributed by atoms with E-state index in [-0.39, 0.29) is 0 Å². The fourth-order valence-corrected chi connectivity index (χ4v) is 6.71. The molecule has 6 heteroatoms. The molecule has 1 unspecified atom stereocenters. The number of rotatable bonds is 10. The lowest BCUT2D eigenvalue weighted by atomic mass is 9.77. The molecule has 0 radical (unpaired) electrons. The normalized spacial score (nSPS) is 12.1. The summed E-state index contributed by atoms with van der Waals surface area (Å²) in [5.41, 5.74) is 7.13. The Morgan fingerprint density at radius 1 is 0.600 bits per heavy atom. The zero-order valence-corrected chi connectivity index (χ0v) is 27.7. The first-order chi connectivity index (χ1) is 24.7. The quantitative estimate of drug-likeness (QED) is 0.138. The van der Waals surface area contributed by atoms with Crippen LogP contribution in [0.15, 0.2) is 176 Å². The molecule has 242 valence electrons. The first-order valence-corrected chi connectivity index (χ1v) is 16.9. The molecule has 2 aromatic heterocycles. The summed E-state index contributed by atoms with van der Waals surface area (Å²) in [6.45, 7) is 2.10. The Morgan fingerprint density at radius 2 is 1.12 bits per heavy atom. The van der Waals surface area contributed by atoms with Crippen LogP contribution in [0.25, 0.3) is 22.0 Å². The van der Waals surface area contributed by atoms with Crippen LogP contribution in [0.4, 0.5) is 0 Å². The molecule has 0 aliphatic heterocycles. The van der Waals surface area contributed by atoms with E-state index < -0.39 is 11.6 Å². The standard InChI is InChI=1S/C44H35N5O/c1-2-38-31-41(39-25-15-16-26-40(39)45-38)50-42(34-29-27-33(28-30-34)32-17-7-3-8-18-32)43-46-48-49(47-43)44(35-19-9-4-10-20-35,36-21-11-5-12-22-36)37-23-13-6-14-24-37/h3-31,42H,2H2,1H3. The summed E-state index contributed by atoms with van der Waals surface area (Å²) >= 11 is 0. The molecule has 1 atom stereocenters. The molecule has 0 spiro atoms. The van der Waals surface area contributed by atoms with E-state index in [1.165, 1.54) is 0 Å². The molecule has 0 bridgehead atoms. The van der Waals surface area contributed by atoms with E-state index in [9.17, 15) is 0 Å². The SMILES string of the molecule is CCc1cc(OC(c2ccc(-c3ccccc3)cc2)c2nnn(C(c3ccccc3)(c3ccccc3)c3ccccc3)n2)c2ccccc2n1. The molecule has 2 heterocycles. The van der Waals surface area contributed by atoms with E-state index in [2.05, 4.69) is 91.9 Å². The highest BCUT2D eigenvalue weighted by molar-refractivity contribution is 5.85. The molecular formula is C44H35N5O. The fourth-order valence-electron chi connectivity index (χ4n) is 6.71. The predicted molar refractivity (Wildman–Crippen MR) is 198 cm³/mol. The summed E-state index contributed by atoms with van der Waals surface area (Å²) in [7, 11) is 0. The number of pyridine rings is 1. The van der Waals surface area contributed by atoms with Crippen LogP contribution in [0.1, 0.15) is 46.8 Å². The van der Waals surface area contributed by atoms with Crippen LogP contribution < -0.4 is 4.74 Å². The van der Waals surface area contributed by atoms with Crippen molar-refractivity contribution in [3.63, 3.8) is 0 Å². The molecule has 6 nitrogen and oxygen atoms in total. The number of benzene rings is 6. The van der Waals surface area contributed by atoms with E-state index in [4.69, 9.17) is 25.1 Å². The van der Waals surface area contributed by atoms with Gasteiger partial charge in [0.05, 0.1) is 5.52 Å². The number of nitrogens with zero attached hydrogens (tertiary/aromatic N) is 5. The Kier molecular flexibility index (Phi) is 8.41. The van der Waals surface area contributed by atoms with Gasteiger partial charge in [-0.15, -0.1) is 15.0 Å². The van der Waals surface area contributed by atoms with Crippen molar-refractivity contribution in [2.24, 2.45) is 0 Å². The van der Waals surface area contributed by atoms with Crippen molar-refractivity contribution in [2.75, 3.05) is 0 Å². The number of fused-ring (bicyclic) bond motifs is 1. The van der Waals surface area contributed by atoms with Gasteiger partial charge in [0.1, 0.15) is 5.75 Å². The summed E-state index contributed by atoms with van der Waals surface area (Å²) in [5.74, 6) is 1.17. The Bertz CT molecular complexity index is 2230. The van der Waals surface area contributed by atoms with Gasteiger partial charge in [-0.25, -0.2) is 0 Å². The van der Waals surface area contributed by atoms with Crippen LogP contribution in [0.2, 0.25) is 0 Å². The zero-order chi connectivity index (χ0) is 33.8. The third-order valence-electron chi connectivity index (χ3n) is 9.20. The van der Waals surface area contributed by atoms with E-state index in [1.807, 2.05) is 91.0 Å². The Labute approximate surface area is 291 Å². The smallest absolute Gasteiger partial charge is 0.219 e. The van der Waals surface area contributed by atoms with E-state index >= 15 is 0 Å². The van der Waals surface area contributed by atoms with Crippen LogP contribution in [-0.4, -0.2) is 25.2 Å². The third-order valence-corrected chi connectivity index (χ3v) is 9.20. The molecule has 0 amide bonds. The van der Waals surface area contributed by atoms with Gasteiger partial charge in [-0.3, -0.25) is 4.98 Å². The number of tetrazole rings is 1. The molecule has 6 aromatic carbocycles. The summed E-state index contributed by atoms with van der Waals surface area (Å²) in [6.07, 6.45) is 0.115. The van der Waals surface area contributed by atoms with Crippen LogP contribution in [0.3, 0.4) is 0 Å². The fraction of sp³-hybridized carbons (Fsp3) is 0.0909. The van der Waals surface area contributed by atoms with Crippen molar-refractivity contribution < 1.29 is 4.74 Å². The maximum Gasteiger partial charge on any atom is 0.219 e. The van der Waals surface area contributed by atoms with E-state index in [0.717, 1.165) is 62.1 Å². The summed E-state index contributed by atoms with van der Waals surface area (Å²) < 4.78 is 7.01. The minimum absolute atomic E-state index is 0.448. The van der Waals surface area contributed by atoms with Crippen LogP contribution in [0.5, 0.6) is 5.75 Å². The molecule has 0 N–H and O–H groups in total. The second-order valence-electron chi connectivity index (χ2n) is 12.2. The Balaban J connectivity index is 1.32. The van der Waals surface area contributed by atoms with Crippen molar-refractivity contribution in [2.45, 2.75) is 25.0 Å². The molecule has 0 aliphatic carbocycles. The largest absolute Gasteiger partial charge is 0.477 e. The molecule has 0 aliphatic rings. The van der Waals surface area contributed by atoms with Gasteiger partial charge in [0.2, 0.25) is 5.82 Å². The van der Waals surface area contributed by atoms with Gasteiger partial charge in [-0.1, -0.05) is 165 Å². The average molecular weight is 650 g/mol. The lowest BCUT2D eigenvalue weighted by molar-refractivity contribution is 0.238. The Morgan fingerprint density at radius 3 is 1.70 bits per heavy atom. The highest BCUT2D eigenvalue weighted by Gasteiger charge is 2.42. The van der Waals surface area contributed by atoms with Gasteiger partial charge in [-0.05, 0) is 51.6 Å². The molecule has 8 rings (SSSR count). The van der Waals surface area contributed by atoms with E-state index in [1.54, 1.807) is 4.80 Å². The third kappa shape index (κ3) is 5.71. The summed E-state index contributed by atoms with van der Waals surface area (Å²) in [6, 6.07) is 60.0. The first-order valence-electron chi connectivity index (χ1n) is 16.9. The van der Waals surface area contributed by atoms with Gasteiger partial charge in [-0.2, -0.15) is 0 Å². The monoisotopic (exact) mass is 649 g/mol. The molecule has 0 saturated heterocycles. The van der Waals surface area contributed by atoms with Crippen molar-refractivity contribution in [1.29, 1.82) is 0 Å². The first kappa shape index (κ1) is 30.9. The van der Waals surface area contributed by atoms with Crippen LogP contribution >= 0.6 is 0 Å². The number of hydrogen-bond acceptors (Lipinski definition) is 5. The molecule has 50 heavy (non-hydrogen) atoms. The molecule has 8 aromatic rings. The van der Waals surface area contributed by atoms with Crippen molar-refractivity contribution >= 4 is 10.9 Å². The van der Waals surface area contributed by atoms with Gasteiger partial charge >= 0.3 is 0 Å². The highest BCUT2D eigenvalue weighted by atomic mass is 16.5. The zero-order valence-electron chi connectivity index (χ0n) is 27.7. The van der Waals surface area contributed by atoms with Gasteiger partial charge < -0.3 is 4.74 Å². The van der Waals surface area contributed by atoms with Crippen LogP contribution in [0, 0.1) is 0 Å². The number of ether oxygens (including phenoxy) is 1. The van der Waals surface area contributed by atoms with Gasteiger partial charge in [0.15, 0.2) is 11.6 Å².